The Labute approximate surface area is 167 Å². The van der Waals surface area contributed by atoms with Crippen molar-refractivity contribution in [1.29, 1.82) is 0 Å². The largest absolute Gasteiger partial charge is 0.351 e. The van der Waals surface area contributed by atoms with Crippen LogP contribution in [0.3, 0.4) is 0 Å². The minimum Gasteiger partial charge on any atom is -0.351 e. The number of nitrogens with two attached hydrogens (primary N) is 1. The Hall–Kier alpha value is -2.37. The quantitative estimate of drug-likeness (QED) is 0.675. The van der Waals surface area contributed by atoms with Gasteiger partial charge in [-0.3, -0.25) is 9.59 Å². The summed E-state index contributed by atoms with van der Waals surface area (Å²) >= 11 is 0. The minimum atomic E-state index is -0.501. The van der Waals surface area contributed by atoms with Crippen molar-refractivity contribution in [2.45, 2.75) is 39.8 Å². The second-order valence-corrected chi connectivity index (χ2v) is 6.97. The molecule has 1 atom stereocenters. The molecule has 0 aromatic heterocycles. The number of anilines is 1. The summed E-state index contributed by atoms with van der Waals surface area (Å²) < 4.78 is 0. The molecule has 4 N–H and O–H groups in total. The van der Waals surface area contributed by atoms with Crippen LogP contribution in [0.25, 0.3) is 0 Å². The maximum atomic E-state index is 12.3. The van der Waals surface area contributed by atoms with Crippen LogP contribution in [0.2, 0.25) is 0 Å². The summed E-state index contributed by atoms with van der Waals surface area (Å²) in [6.07, 6.45) is 0.651. The van der Waals surface area contributed by atoms with Crippen molar-refractivity contribution in [3.63, 3.8) is 0 Å². The van der Waals surface area contributed by atoms with Gasteiger partial charge in [0.05, 0.1) is 6.04 Å². The van der Waals surface area contributed by atoms with Crippen LogP contribution >= 0.6 is 12.4 Å². The minimum absolute atomic E-state index is 0. The van der Waals surface area contributed by atoms with Crippen molar-refractivity contribution < 1.29 is 9.59 Å². The fourth-order valence-corrected chi connectivity index (χ4v) is 2.60. The molecule has 0 aliphatic carbocycles. The number of amides is 2. The number of halogens is 1. The van der Waals surface area contributed by atoms with Crippen LogP contribution in [0, 0.1) is 12.8 Å². The van der Waals surface area contributed by atoms with E-state index in [0.29, 0.717) is 30.1 Å². The third kappa shape index (κ3) is 7.41. The Morgan fingerprint density at radius 1 is 1.07 bits per heavy atom. The summed E-state index contributed by atoms with van der Waals surface area (Å²) in [6, 6.07) is 14.3. The van der Waals surface area contributed by atoms with Gasteiger partial charge in [0.1, 0.15) is 0 Å². The molecule has 0 radical (unpaired) electrons. The Balaban J connectivity index is 0.00000364. The zero-order valence-corrected chi connectivity index (χ0v) is 16.8. The van der Waals surface area contributed by atoms with Crippen LogP contribution in [0.1, 0.15) is 41.8 Å². The molecule has 2 aromatic carbocycles. The molecule has 6 heteroatoms. The Bertz CT molecular complexity index is 760. The van der Waals surface area contributed by atoms with E-state index in [0.717, 1.165) is 11.1 Å². The van der Waals surface area contributed by atoms with Crippen LogP contribution in [-0.2, 0) is 11.3 Å². The average Bonchev–Trinajstić information content (AvgIpc) is 2.60. The first-order valence-electron chi connectivity index (χ1n) is 8.85. The van der Waals surface area contributed by atoms with Gasteiger partial charge in [-0.05, 0) is 49.1 Å². The Kier molecular flexibility index (Phi) is 8.98. The normalized spacial score (nSPS) is 11.4. The van der Waals surface area contributed by atoms with E-state index in [-0.39, 0.29) is 24.2 Å². The fraction of sp³-hybridized carbons (Fsp3) is 0.333. The van der Waals surface area contributed by atoms with E-state index in [1.165, 1.54) is 0 Å². The molecule has 5 nitrogen and oxygen atoms in total. The first-order valence-corrected chi connectivity index (χ1v) is 8.85. The molecule has 0 fully saturated rings. The third-order valence-corrected chi connectivity index (χ3v) is 4.03. The zero-order chi connectivity index (χ0) is 19.1. The van der Waals surface area contributed by atoms with Gasteiger partial charge in [-0.2, -0.15) is 0 Å². The lowest BCUT2D eigenvalue weighted by Gasteiger charge is -2.14. The molecule has 2 rings (SSSR count). The molecule has 0 saturated carbocycles. The zero-order valence-electron chi connectivity index (χ0n) is 16.0. The molecule has 0 unspecified atom stereocenters. The maximum Gasteiger partial charge on any atom is 0.255 e. The lowest BCUT2D eigenvalue weighted by molar-refractivity contribution is -0.122. The van der Waals surface area contributed by atoms with E-state index in [4.69, 9.17) is 5.73 Å². The summed E-state index contributed by atoms with van der Waals surface area (Å²) in [4.78, 5) is 24.3. The van der Waals surface area contributed by atoms with Gasteiger partial charge in [0, 0.05) is 17.8 Å². The number of benzene rings is 2. The SMILES string of the molecule is Cc1ccc(C(=O)Nc2cccc(CNC(=O)[C@@H](N)CC(C)C)c2)cc1.Cl. The van der Waals surface area contributed by atoms with E-state index in [9.17, 15) is 9.59 Å². The van der Waals surface area contributed by atoms with E-state index in [1.807, 2.05) is 57.2 Å². The van der Waals surface area contributed by atoms with Gasteiger partial charge in [-0.1, -0.05) is 43.7 Å². The number of aryl methyl sites for hydroxylation is 1. The molecular weight excluding hydrogens is 362 g/mol. The standard InChI is InChI=1S/C21H27N3O2.ClH/c1-14(2)11-19(22)21(26)23-13-16-5-4-6-18(12-16)24-20(25)17-9-7-15(3)8-10-17;/h4-10,12,14,19H,11,13,22H2,1-3H3,(H,23,26)(H,24,25);1H/t19-;/m0./s1. The van der Waals surface area contributed by atoms with Gasteiger partial charge >= 0.3 is 0 Å². The highest BCUT2D eigenvalue weighted by molar-refractivity contribution is 6.04. The smallest absolute Gasteiger partial charge is 0.255 e. The fourth-order valence-electron chi connectivity index (χ4n) is 2.60. The molecule has 0 bridgehead atoms. The number of rotatable bonds is 7. The second-order valence-electron chi connectivity index (χ2n) is 6.97. The third-order valence-electron chi connectivity index (χ3n) is 4.03. The summed E-state index contributed by atoms with van der Waals surface area (Å²) in [5.41, 5.74) is 9.18. The summed E-state index contributed by atoms with van der Waals surface area (Å²) in [5, 5.41) is 5.72. The van der Waals surface area contributed by atoms with Gasteiger partial charge in [0.25, 0.3) is 5.91 Å². The highest BCUT2D eigenvalue weighted by Gasteiger charge is 2.14. The van der Waals surface area contributed by atoms with Gasteiger partial charge in [0.15, 0.2) is 0 Å². The van der Waals surface area contributed by atoms with Crippen LogP contribution in [0.5, 0.6) is 0 Å². The van der Waals surface area contributed by atoms with E-state index in [1.54, 1.807) is 12.1 Å². The first-order chi connectivity index (χ1) is 12.3. The highest BCUT2D eigenvalue weighted by atomic mass is 35.5. The predicted molar refractivity (Wildman–Crippen MR) is 112 cm³/mol. The monoisotopic (exact) mass is 389 g/mol. The number of carbonyl (C=O) groups is 2. The van der Waals surface area contributed by atoms with Crippen LogP contribution in [0.15, 0.2) is 48.5 Å². The molecule has 27 heavy (non-hydrogen) atoms. The summed E-state index contributed by atoms with van der Waals surface area (Å²) in [6.45, 7) is 6.42. The number of carbonyl (C=O) groups excluding carboxylic acids is 2. The molecule has 0 saturated heterocycles. The van der Waals surface area contributed by atoms with Gasteiger partial charge in [0.2, 0.25) is 5.91 Å². The van der Waals surface area contributed by atoms with Gasteiger partial charge < -0.3 is 16.4 Å². The molecule has 0 aliphatic heterocycles. The Morgan fingerprint density at radius 3 is 2.37 bits per heavy atom. The van der Waals surface area contributed by atoms with E-state index >= 15 is 0 Å². The molecule has 2 amide bonds. The van der Waals surface area contributed by atoms with Gasteiger partial charge in [-0.15, -0.1) is 12.4 Å². The Morgan fingerprint density at radius 2 is 1.74 bits per heavy atom. The van der Waals surface area contributed by atoms with E-state index < -0.39 is 6.04 Å². The predicted octanol–water partition coefficient (Wildman–Crippen LogP) is 3.66. The summed E-state index contributed by atoms with van der Waals surface area (Å²) in [7, 11) is 0. The average molecular weight is 390 g/mol. The van der Waals surface area contributed by atoms with Crippen molar-refractivity contribution >= 4 is 29.9 Å². The lowest BCUT2D eigenvalue weighted by atomic mass is 10.0. The van der Waals surface area contributed by atoms with Gasteiger partial charge in [-0.25, -0.2) is 0 Å². The van der Waals surface area contributed by atoms with Crippen molar-refractivity contribution in [1.82, 2.24) is 5.32 Å². The van der Waals surface area contributed by atoms with Crippen molar-refractivity contribution in [2.24, 2.45) is 11.7 Å². The topological polar surface area (TPSA) is 84.2 Å². The van der Waals surface area contributed by atoms with Crippen LogP contribution in [0.4, 0.5) is 5.69 Å². The van der Waals surface area contributed by atoms with Crippen LogP contribution in [-0.4, -0.2) is 17.9 Å². The van der Waals surface area contributed by atoms with Crippen molar-refractivity contribution in [2.75, 3.05) is 5.32 Å². The molecule has 146 valence electrons. The van der Waals surface area contributed by atoms with Crippen molar-refractivity contribution in [3.05, 3.63) is 65.2 Å². The van der Waals surface area contributed by atoms with Crippen LogP contribution < -0.4 is 16.4 Å². The highest BCUT2D eigenvalue weighted by Crippen LogP contribution is 2.13. The number of hydrogen-bond acceptors (Lipinski definition) is 3. The maximum absolute atomic E-state index is 12.3. The number of nitrogens with one attached hydrogen (secondary N) is 2. The molecule has 0 spiro atoms. The van der Waals surface area contributed by atoms with E-state index in [2.05, 4.69) is 10.6 Å². The first kappa shape index (κ1) is 22.7. The molecule has 0 aliphatic rings. The number of hydrogen-bond donors (Lipinski definition) is 3. The van der Waals surface area contributed by atoms with Crippen molar-refractivity contribution in [3.8, 4) is 0 Å². The second kappa shape index (κ2) is 10.7. The molecule has 2 aromatic rings. The molecular formula is C21H28ClN3O2. The lowest BCUT2D eigenvalue weighted by Crippen LogP contribution is -2.41. The molecule has 0 heterocycles. The summed E-state index contributed by atoms with van der Waals surface area (Å²) in [5.74, 6) is 0.0500.